The molecule has 0 radical (unpaired) electrons. The molecule has 1 aliphatic carbocycles. The molecule has 14 heteroatoms. The molecule has 13 nitrogen and oxygen atoms in total. The Hall–Kier alpha value is -2.98. The predicted molar refractivity (Wildman–Crippen MR) is 250 cm³/mol. The highest BCUT2D eigenvalue weighted by Gasteiger charge is 2.57. The molecule has 5 rings (SSSR count). The van der Waals surface area contributed by atoms with E-state index in [1.807, 2.05) is 51.2 Å². The van der Waals surface area contributed by atoms with Crippen molar-refractivity contribution in [3.8, 4) is 0 Å². The summed E-state index contributed by atoms with van der Waals surface area (Å²) < 4.78 is 29.9. The fraction of sp³-hybridized carbons (Fsp3) is 0.745. The van der Waals surface area contributed by atoms with Crippen molar-refractivity contribution in [3.05, 3.63) is 47.6 Å². The Bertz CT molecular complexity index is 1810. The number of esters is 1. The maximum absolute atomic E-state index is 14.5. The number of rotatable bonds is 6. The van der Waals surface area contributed by atoms with Gasteiger partial charge in [-0.15, -0.1) is 0 Å². The lowest BCUT2D eigenvalue weighted by Gasteiger charge is -2.50. The van der Waals surface area contributed by atoms with Crippen molar-refractivity contribution in [3.63, 3.8) is 0 Å². The molecule has 1 amide bonds. The minimum atomic E-state index is -2.41. The van der Waals surface area contributed by atoms with Gasteiger partial charge in [0, 0.05) is 69.6 Å². The van der Waals surface area contributed by atoms with Crippen LogP contribution in [-0.4, -0.2) is 132 Å². The molecule has 4 fully saturated rings. The van der Waals surface area contributed by atoms with Gasteiger partial charge < -0.3 is 38.8 Å². The van der Waals surface area contributed by atoms with Crippen molar-refractivity contribution in [2.45, 2.75) is 166 Å². The van der Waals surface area contributed by atoms with Crippen molar-refractivity contribution in [2.75, 3.05) is 34.1 Å². The molecule has 2 N–H and O–H groups in total. The van der Waals surface area contributed by atoms with Crippen LogP contribution in [0.15, 0.2) is 47.6 Å². The van der Waals surface area contributed by atoms with Gasteiger partial charge in [0.25, 0.3) is 11.7 Å². The Balaban J connectivity index is 1.51. The van der Waals surface area contributed by atoms with Gasteiger partial charge in [-0.3, -0.25) is 19.2 Å². The van der Waals surface area contributed by atoms with Gasteiger partial charge in [0.2, 0.25) is 5.79 Å². The molecular weight excluding hydrogens is 851 g/mol. The van der Waals surface area contributed by atoms with E-state index < -0.39 is 83.7 Å². The average molecular weight is 928 g/mol. The lowest BCUT2D eigenvalue weighted by atomic mass is 9.68. The van der Waals surface area contributed by atoms with Crippen LogP contribution in [0, 0.1) is 41.4 Å². The number of carbonyl (C=O) groups is 5. The molecule has 4 aliphatic heterocycles. The summed E-state index contributed by atoms with van der Waals surface area (Å²) in [4.78, 5) is 72.4. The van der Waals surface area contributed by atoms with E-state index in [1.54, 1.807) is 52.8 Å². The van der Waals surface area contributed by atoms with E-state index in [4.69, 9.17) is 23.7 Å². The van der Waals surface area contributed by atoms with Crippen molar-refractivity contribution >= 4 is 41.0 Å². The molecule has 1 saturated carbocycles. The topological polar surface area (TPSA) is 175 Å². The number of fused-ring (bicyclic) bond motifs is 4. The zero-order valence-corrected chi connectivity index (χ0v) is 41.3. The van der Waals surface area contributed by atoms with Crippen LogP contribution in [0.4, 0.5) is 0 Å². The van der Waals surface area contributed by atoms with Crippen molar-refractivity contribution in [2.24, 2.45) is 41.4 Å². The predicted octanol–water partition coefficient (Wildman–Crippen LogP) is 6.77. The smallest absolute Gasteiger partial charge is 0.329 e. The highest BCUT2D eigenvalue weighted by atomic mass is 32.2. The van der Waals surface area contributed by atoms with Crippen molar-refractivity contribution in [1.29, 1.82) is 0 Å². The van der Waals surface area contributed by atoms with Crippen LogP contribution in [0.25, 0.3) is 0 Å². The molecule has 0 aromatic carbocycles. The van der Waals surface area contributed by atoms with Crippen LogP contribution >= 0.6 is 11.8 Å². The summed E-state index contributed by atoms with van der Waals surface area (Å²) in [5, 5.41) is 23.9. The van der Waals surface area contributed by atoms with Gasteiger partial charge >= 0.3 is 5.97 Å². The summed E-state index contributed by atoms with van der Waals surface area (Å²) in [5.41, 5.74) is 1.31. The molecule has 65 heavy (non-hydrogen) atoms. The Morgan fingerprint density at radius 1 is 0.877 bits per heavy atom. The number of ketones is 3. The summed E-state index contributed by atoms with van der Waals surface area (Å²) in [6, 6.07) is -1.08. The maximum Gasteiger partial charge on any atom is 0.329 e. The SMILES string of the molecule is CO[C@H]1C[C@@H]2CC[C@@H](C)[C@@](O)(O2)C(=O)C(=O)N2CCC[C@@H]3C(C[C@@H]4CCC(SC)[C@H](OC)C4)[C@H](CC(=O)C(C)/C=C(\C)[C@@H](O)[C@@H](OC)C(=O)[C@H](C)C[C@H](C)/C=C/C=C/C=C1C)OC(=O)[C@H]32. The Morgan fingerprint density at radius 2 is 1.62 bits per heavy atom. The second-order valence-corrected chi connectivity index (χ2v) is 20.8. The van der Waals surface area contributed by atoms with Crippen molar-refractivity contribution in [1.82, 2.24) is 4.90 Å². The Labute approximate surface area is 391 Å². The summed E-state index contributed by atoms with van der Waals surface area (Å²) >= 11 is 1.79. The Kier molecular flexibility index (Phi) is 19.4. The van der Waals surface area contributed by atoms with Gasteiger partial charge in [-0.1, -0.05) is 64.2 Å². The van der Waals surface area contributed by atoms with Gasteiger partial charge in [-0.05, 0) is 107 Å². The number of allylic oxidation sites excluding steroid dienone is 6. The van der Waals surface area contributed by atoms with Crippen LogP contribution in [0.3, 0.4) is 0 Å². The normalized spacial score (nSPS) is 41.9. The molecular formula is C51H77NO12S. The van der Waals surface area contributed by atoms with E-state index in [9.17, 15) is 34.2 Å². The summed E-state index contributed by atoms with van der Waals surface area (Å²) in [5.74, 6) is -7.91. The number of methoxy groups -OCH3 is 3. The first-order chi connectivity index (χ1) is 30.9. The first kappa shape index (κ1) is 53.0. The van der Waals surface area contributed by atoms with E-state index in [0.29, 0.717) is 55.8 Å². The van der Waals surface area contributed by atoms with Crippen LogP contribution in [0.2, 0.25) is 0 Å². The molecule has 4 bridgehead atoms. The molecule has 364 valence electrons. The maximum atomic E-state index is 14.5. The van der Waals surface area contributed by atoms with Gasteiger partial charge in [-0.25, -0.2) is 4.79 Å². The van der Waals surface area contributed by atoms with Crippen molar-refractivity contribution < 1.29 is 57.9 Å². The number of carbonyl (C=O) groups excluding carboxylic acids is 5. The summed E-state index contributed by atoms with van der Waals surface area (Å²) in [6.07, 6.45) is 15.3. The number of aliphatic hydroxyl groups excluding tert-OH is 1. The van der Waals surface area contributed by atoms with Crippen LogP contribution in [-0.2, 0) is 47.7 Å². The zero-order chi connectivity index (χ0) is 47.7. The second kappa shape index (κ2) is 23.8. The van der Waals surface area contributed by atoms with E-state index in [2.05, 4.69) is 6.26 Å². The minimum Gasteiger partial charge on any atom is -0.460 e. The molecule has 3 unspecified atom stereocenters. The van der Waals surface area contributed by atoms with Crippen LogP contribution in [0.5, 0.6) is 0 Å². The van der Waals surface area contributed by atoms with Crippen LogP contribution in [0.1, 0.15) is 112 Å². The first-order valence-corrected chi connectivity index (χ1v) is 25.2. The van der Waals surface area contributed by atoms with E-state index in [-0.39, 0.29) is 48.4 Å². The number of nitrogens with zero attached hydrogens (tertiary/aromatic N) is 1. The molecule has 3 saturated heterocycles. The minimum absolute atomic E-state index is 0.0330. The Morgan fingerprint density at radius 3 is 2.29 bits per heavy atom. The molecule has 4 heterocycles. The summed E-state index contributed by atoms with van der Waals surface area (Å²) in [6.45, 7) is 11.0. The number of hydrogen-bond donors (Lipinski definition) is 2. The molecule has 0 spiro atoms. The number of aliphatic hydroxyl groups is 2. The highest BCUT2D eigenvalue weighted by molar-refractivity contribution is 7.99. The summed E-state index contributed by atoms with van der Waals surface area (Å²) in [7, 11) is 4.72. The number of Topliss-reactive ketones (excluding diaryl/α,β-unsaturated/α-hetero) is 3. The van der Waals surface area contributed by atoms with E-state index in [1.165, 1.54) is 12.0 Å². The third-order valence-corrected chi connectivity index (χ3v) is 16.3. The number of hydrogen-bond acceptors (Lipinski definition) is 13. The lowest BCUT2D eigenvalue weighted by Crippen LogP contribution is -2.65. The standard InChI is InChI=1S/C51H77NO12S/c1-29-15-12-11-13-16-30(2)40(60-7)27-36-20-18-34(6)51(59,64-36)48(56)49(57)52-22-14-17-37-38(25-35-19-21-43(65-10)42(26-35)61-8)41(63-50(58)44(37)52)28-39(53)31(3)24-33(5)46(55)47(62-9)45(54)32(4)23-29/h11-13,15-16,24,29,31-32,34-38,40-44,46-47,55,59H,14,17-23,25-28H2,1-10H3/b13-11+,15-12+,30-16?,33-24+/t29-,31?,32-,34-,35+,36+,37-,38?,40+,41+,42-,43?,44+,46-,47+,51-/m1/s1. The van der Waals surface area contributed by atoms with E-state index in [0.717, 1.165) is 24.8 Å². The number of amides is 1. The highest BCUT2D eigenvalue weighted by Crippen LogP contribution is 2.46. The van der Waals surface area contributed by atoms with Gasteiger partial charge in [0.1, 0.15) is 30.1 Å². The van der Waals surface area contributed by atoms with Gasteiger partial charge in [0.15, 0.2) is 5.78 Å². The number of piperidine rings is 1. The zero-order valence-electron chi connectivity index (χ0n) is 40.4. The fourth-order valence-corrected chi connectivity index (χ4v) is 12.1. The number of ether oxygens (including phenoxy) is 5. The first-order valence-electron chi connectivity index (χ1n) is 23.9. The monoisotopic (exact) mass is 928 g/mol. The third-order valence-electron chi connectivity index (χ3n) is 15.2. The third kappa shape index (κ3) is 12.6. The largest absolute Gasteiger partial charge is 0.460 e. The van der Waals surface area contributed by atoms with Crippen LogP contribution < -0.4 is 0 Å². The molecule has 5 aliphatic rings. The van der Waals surface area contributed by atoms with Gasteiger partial charge in [-0.2, -0.15) is 11.8 Å². The molecule has 0 aromatic rings. The van der Waals surface area contributed by atoms with E-state index >= 15 is 0 Å². The number of thioether (sulfide) groups is 1. The quantitative estimate of drug-likeness (QED) is 0.162. The second-order valence-electron chi connectivity index (χ2n) is 19.7. The fourth-order valence-electron chi connectivity index (χ4n) is 11.2. The lowest BCUT2D eigenvalue weighted by molar-refractivity contribution is -0.266. The molecule has 0 aromatic heterocycles. The average Bonchev–Trinajstić information content (AvgIpc) is 3.29. The van der Waals surface area contributed by atoms with Gasteiger partial charge in [0.05, 0.1) is 18.3 Å². The molecule has 16 atom stereocenters.